The normalized spacial score (nSPS) is 17.2. The van der Waals surface area contributed by atoms with E-state index in [1.165, 1.54) is 5.56 Å². The Balaban J connectivity index is 1.56. The predicted molar refractivity (Wildman–Crippen MR) is 90.8 cm³/mol. The first-order valence-electron chi connectivity index (χ1n) is 7.97. The van der Waals surface area contributed by atoms with Gasteiger partial charge in [0.1, 0.15) is 5.76 Å². The van der Waals surface area contributed by atoms with Gasteiger partial charge < -0.3 is 20.0 Å². The molecule has 0 radical (unpaired) electrons. The van der Waals surface area contributed by atoms with Gasteiger partial charge in [-0.1, -0.05) is 6.07 Å². The minimum absolute atomic E-state index is 0.0228. The third kappa shape index (κ3) is 3.59. The van der Waals surface area contributed by atoms with Crippen LogP contribution >= 0.6 is 0 Å². The van der Waals surface area contributed by atoms with Crippen LogP contribution < -0.4 is 15.5 Å². The van der Waals surface area contributed by atoms with Gasteiger partial charge in [0.15, 0.2) is 0 Å². The lowest BCUT2D eigenvalue weighted by atomic mass is 10.1. The molecule has 1 aromatic heterocycles. The summed E-state index contributed by atoms with van der Waals surface area (Å²) in [5, 5.41) is 5.57. The molecule has 24 heavy (non-hydrogen) atoms. The van der Waals surface area contributed by atoms with Crippen LogP contribution in [0.15, 0.2) is 41.0 Å². The quantitative estimate of drug-likeness (QED) is 0.906. The second-order valence-electron chi connectivity index (χ2n) is 6.08. The maximum Gasteiger partial charge on any atom is 0.315 e. The van der Waals surface area contributed by atoms with Gasteiger partial charge in [0.05, 0.1) is 18.8 Å². The molecule has 0 spiro atoms. The summed E-state index contributed by atoms with van der Waals surface area (Å²) in [6.45, 7) is 4.87. The predicted octanol–water partition coefficient (Wildman–Crippen LogP) is 2.50. The third-order valence-electron chi connectivity index (χ3n) is 4.27. The van der Waals surface area contributed by atoms with Gasteiger partial charge in [-0.15, -0.1) is 0 Å². The molecule has 3 amide bonds. The van der Waals surface area contributed by atoms with Crippen LogP contribution in [0.2, 0.25) is 0 Å². The molecule has 2 aromatic rings. The van der Waals surface area contributed by atoms with E-state index in [4.69, 9.17) is 4.42 Å². The minimum atomic E-state index is -0.300. The fourth-order valence-corrected chi connectivity index (χ4v) is 2.76. The Bertz CT molecular complexity index is 740. The number of anilines is 1. The van der Waals surface area contributed by atoms with Crippen LogP contribution in [0.1, 0.15) is 23.3 Å². The number of hydrogen-bond acceptors (Lipinski definition) is 3. The molecule has 6 nitrogen and oxygen atoms in total. The van der Waals surface area contributed by atoms with Crippen LogP contribution in [0.25, 0.3) is 0 Å². The molecule has 0 aliphatic carbocycles. The van der Waals surface area contributed by atoms with Gasteiger partial charge >= 0.3 is 6.03 Å². The van der Waals surface area contributed by atoms with Crippen molar-refractivity contribution in [3.05, 3.63) is 53.5 Å². The molecule has 1 aromatic carbocycles. The number of amides is 3. The molecule has 3 rings (SSSR count). The van der Waals surface area contributed by atoms with Gasteiger partial charge in [-0.05, 0) is 49.2 Å². The maximum atomic E-state index is 12.2. The van der Waals surface area contributed by atoms with Crippen molar-refractivity contribution in [3.8, 4) is 0 Å². The molecular formula is C18H21N3O3. The summed E-state index contributed by atoms with van der Waals surface area (Å²) in [7, 11) is 0. The highest BCUT2D eigenvalue weighted by Gasteiger charge is 2.31. The lowest BCUT2D eigenvalue weighted by molar-refractivity contribution is -0.117. The summed E-state index contributed by atoms with van der Waals surface area (Å²) in [5.74, 6) is 0.707. The Kier molecular flexibility index (Phi) is 4.55. The number of hydrogen-bond donors (Lipinski definition) is 2. The molecule has 0 saturated carbocycles. The van der Waals surface area contributed by atoms with Crippen LogP contribution in [0.4, 0.5) is 10.5 Å². The second-order valence-corrected chi connectivity index (χ2v) is 6.08. The fraction of sp³-hybridized carbons (Fsp3) is 0.333. The van der Waals surface area contributed by atoms with Crippen LogP contribution in [0, 0.1) is 13.8 Å². The van der Waals surface area contributed by atoms with Gasteiger partial charge in [0, 0.05) is 18.7 Å². The van der Waals surface area contributed by atoms with Crippen molar-refractivity contribution in [2.24, 2.45) is 0 Å². The molecule has 2 heterocycles. The largest absolute Gasteiger partial charge is 0.467 e. The zero-order valence-electron chi connectivity index (χ0n) is 13.8. The van der Waals surface area contributed by atoms with E-state index in [0.717, 1.165) is 11.3 Å². The van der Waals surface area contributed by atoms with Gasteiger partial charge in [0.2, 0.25) is 5.91 Å². The molecular weight excluding hydrogens is 306 g/mol. The summed E-state index contributed by atoms with van der Waals surface area (Å²) >= 11 is 0. The highest BCUT2D eigenvalue weighted by Crippen LogP contribution is 2.24. The first kappa shape index (κ1) is 16.1. The van der Waals surface area contributed by atoms with E-state index in [-0.39, 0.29) is 18.0 Å². The van der Waals surface area contributed by atoms with Crippen molar-refractivity contribution < 1.29 is 14.0 Å². The van der Waals surface area contributed by atoms with Crippen LogP contribution in [0.5, 0.6) is 0 Å². The smallest absolute Gasteiger partial charge is 0.315 e. The summed E-state index contributed by atoms with van der Waals surface area (Å²) < 4.78 is 5.16. The summed E-state index contributed by atoms with van der Waals surface area (Å²) in [6, 6.07) is 9.02. The highest BCUT2D eigenvalue weighted by atomic mass is 16.3. The van der Waals surface area contributed by atoms with Gasteiger partial charge in [-0.3, -0.25) is 4.79 Å². The van der Waals surface area contributed by atoms with E-state index in [2.05, 4.69) is 10.6 Å². The van der Waals surface area contributed by atoms with Gasteiger partial charge in [-0.25, -0.2) is 4.79 Å². The number of nitrogens with one attached hydrogen (secondary N) is 2. The van der Waals surface area contributed by atoms with Crippen molar-refractivity contribution in [1.82, 2.24) is 10.6 Å². The molecule has 126 valence electrons. The van der Waals surface area contributed by atoms with Crippen LogP contribution in [-0.4, -0.2) is 24.5 Å². The fourth-order valence-electron chi connectivity index (χ4n) is 2.76. The van der Waals surface area contributed by atoms with E-state index in [9.17, 15) is 9.59 Å². The average molecular weight is 327 g/mol. The van der Waals surface area contributed by atoms with Crippen molar-refractivity contribution in [2.45, 2.75) is 32.9 Å². The third-order valence-corrected chi connectivity index (χ3v) is 4.27. The molecule has 1 aliphatic heterocycles. The number of furan rings is 1. The van der Waals surface area contributed by atoms with Crippen molar-refractivity contribution in [1.29, 1.82) is 0 Å². The van der Waals surface area contributed by atoms with Gasteiger partial charge in [0.25, 0.3) is 0 Å². The Morgan fingerprint density at radius 3 is 2.83 bits per heavy atom. The Morgan fingerprint density at radius 1 is 1.29 bits per heavy atom. The topological polar surface area (TPSA) is 74.6 Å². The molecule has 0 unspecified atom stereocenters. The molecule has 6 heteroatoms. The summed E-state index contributed by atoms with van der Waals surface area (Å²) in [5.41, 5.74) is 3.22. The van der Waals surface area contributed by atoms with E-state index in [0.29, 0.717) is 25.3 Å². The monoisotopic (exact) mass is 327 g/mol. The molecule has 1 atom stereocenters. The van der Waals surface area contributed by atoms with Crippen molar-refractivity contribution in [3.63, 3.8) is 0 Å². The SMILES string of the molecule is Cc1ccc(N2C[C@@H](NC(=O)NCc3ccco3)CC2=O)cc1C. The first-order chi connectivity index (χ1) is 11.5. The zero-order chi connectivity index (χ0) is 17.1. The number of benzene rings is 1. The molecule has 1 fully saturated rings. The number of rotatable bonds is 4. The van der Waals surface area contributed by atoms with E-state index < -0.39 is 0 Å². The average Bonchev–Trinajstić information content (AvgIpc) is 3.18. The van der Waals surface area contributed by atoms with E-state index in [1.807, 2.05) is 32.0 Å². The van der Waals surface area contributed by atoms with Crippen LogP contribution in [-0.2, 0) is 11.3 Å². The molecule has 2 N–H and O–H groups in total. The lowest BCUT2D eigenvalue weighted by Crippen LogP contribution is -2.43. The maximum absolute atomic E-state index is 12.2. The number of aryl methyl sites for hydroxylation is 2. The second kappa shape index (κ2) is 6.78. The van der Waals surface area contributed by atoms with E-state index in [1.54, 1.807) is 23.3 Å². The van der Waals surface area contributed by atoms with Crippen molar-refractivity contribution in [2.75, 3.05) is 11.4 Å². The Hall–Kier alpha value is -2.76. The molecule has 1 aliphatic rings. The summed E-state index contributed by atoms with van der Waals surface area (Å²) in [6.07, 6.45) is 1.87. The standard InChI is InChI=1S/C18H21N3O3/c1-12-5-6-15(8-13(12)2)21-11-14(9-17(21)22)20-18(23)19-10-16-4-3-7-24-16/h3-8,14H,9-11H2,1-2H3,(H2,19,20,23)/t14-/m0/s1. The number of urea groups is 1. The first-order valence-corrected chi connectivity index (χ1v) is 7.97. The number of carbonyl (C=O) groups is 2. The summed E-state index contributed by atoms with van der Waals surface area (Å²) in [4.78, 5) is 25.9. The van der Waals surface area contributed by atoms with Crippen molar-refractivity contribution >= 4 is 17.6 Å². The zero-order valence-corrected chi connectivity index (χ0v) is 13.8. The Morgan fingerprint density at radius 2 is 2.12 bits per heavy atom. The van der Waals surface area contributed by atoms with Gasteiger partial charge in [-0.2, -0.15) is 0 Å². The van der Waals surface area contributed by atoms with E-state index >= 15 is 0 Å². The highest BCUT2D eigenvalue weighted by molar-refractivity contribution is 5.96. The number of carbonyl (C=O) groups excluding carboxylic acids is 2. The number of nitrogens with zero attached hydrogens (tertiary/aromatic N) is 1. The minimum Gasteiger partial charge on any atom is -0.467 e. The molecule has 1 saturated heterocycles. The lowest BCUT2D eigenvalue weighted by Gasteiger charge is -2.18. The molecule has 0 bridgehead atoms. The van der Waals surface area contributed by atoms with Crippen LogP contribution in [0.3, 0.4) is 0 Å². The Labute approximate surface area is 140 Å².